The molecular weight excluding hydrogens is 332 g/mol. The summed E-state index contributed by atoms with van der Waals surface area (Å²) in [6.07, 6.45) is 3.19. The number of hydrogen-bond donors (Lipinski definition) is 0. The van der Waals surface area contributed by atoms with Crippen molar-refractivity contribution >= 4 is 17.7 Å². The molecule has 0 bridgehead atoms. The highest BCUT2D eigenvalue weighted by molar-refractivity contribution is 5.92. The topological polar surface area (TPSA) is 72.7 Å². The number of carbonyl (C=O) groups excluding carboxylic acids is 1. The summed E-state index contributed by atoms with van der Waals surface area (Å²) in [5, 5.41) is 10.9. The Bertz CT molecular complexity index is 845. The predicted molar refractivity (Wildman–Crippen MR) is 101 cm³/mol. The first-order chi connectivity index (χ1) is 12.3. The van der Waals surface area contributed by atoms with E-state index < -0.39 is 4.92 Å². The molecule has 0 N–H and O–H groups in total. The minimum absolute atomic E-state index is 0.00948. The summed E-state index contributed by atoms with van der Waals surface area (Å²) >= 11 is 0. The molecule has 0 aromatic heterocycles. The molecule has 0 radical (unpaired) electrons. The number of aryl methyl sites for hydroxylation is 1. The lowest BCUT2D eigenvalue weighted by atomic mass is 10.1. The van der Waals surface area contributed by atoms with Gasteiger partial charge in [-0.25, -0.2) is 0 Å². The van der Waals surface area contributed by atoms with Crippen LogP contribution < -0.4 is 4.74 Å². The number of nitro groups is 1. The van der Waals surface area contributed by atoms with Crippen molar-refractivity contribution in [3.05, 3.63) is 75.3 Å². The van der Waals surface area contributed by atoms with Crippen molar-refractivity contribution in [3.63, 3.8) is 0 Å². The number of methoxy groups -OCH3 is 1. The quantitative estimate of drug-likeness (QED) is 0.444. The fourth-order valence-corrected chi connectivity index (χ4v) is 2.58. The van der Waals surface area contributed by atoms with E-state index in [1.807, 2.05) is 32.0 Å². The maximum absolute atomic E-state index is 12.5. The highest BCUT2D eigenvalue weighted by atomic mass is 16.6. The average Bonchev–Trinajstić information content (AvgIpc) is 2.65. The fraction of sp³-hybridized carbons (Fsp3) is 0.250. The van der Waals surface area contributed by atoms with Gasteiger partial charge in [0.1, 0.15) is 5.75 Å². The summed E-state index contributed by atoms with van der Waals surface area (Å²) in [4.78, 5) is 24.5. The Hall–Kier alpha value is -3.15. The largest absolute Gasteiger partial charge is 0.496 e. The summed E-state index contributed by atoms with van der Waals surface area (Å²) in [5.74, 6) is 0.488. The van der Waals surface area contributed by atoms with E-state index in [-0.39, 0.29) is 17.6 Å². The van der Waals surface area contributed by atoms with Gasteiger partial charge in [0.15, 0.2) is 0 Å². The standard InChI is InChI=1S/C20H22N2O4/c1-14-8-10-19(26-4)17(12-14)9-11-20(23)21(3)15(2)16-6-5-7-18(13-16)22(24)25/h5-13,15H,1-4H3/b11-9+/t15-/m1/s1. The number of nitrogens with zero attached hydrogens (tertiary/aromatic N) is 2. The SMILES string of the molecule is COc1ccc(C)cc1/C=C/C(=O)N(C)[C@H](C)c1cccc([N+](=O)[O-])c1. The highest BCUT2D eigenvalue weighted by Gasteiger charge is 2.17. The monoisotopic (exact) mass is 354 g/mol. The van der Waals surface area contributed by atoms with Crippen molar-refractivity contribution in [3.8, 4) is 5.75 Å². The molecule has 2 aromatic rings. The maximum Gasteiger partial charge on any atom is 0.269 e. The molecule has 2 rings (SSSR count). The van der Waals surface area contributed by atoms with Crippen LogP contribution in [0.3, 0.4) is 0 Å². The van der Waals surface area contributed by atoms with Gasteiger partial charge in [0, 0.05) is 30.8 Å². The van der Waals surface area contributed by atoms with Crippen molar-refractivity contribution in [2.75, 3.05) is 14.2 Å². The van der Waals surface area contributed by atoms with Gasteiger partial charge >= 0.3 is 0 Å². The van der Waals surface area contributed by atoms with Gasteiger partial charge in [-0.3, -0.25) is 14.9 Å². The van der Waals surface area contributed by atoms with Gasteiger partial charge in [-0.2, -0.15) is 0 Å². The summed E-state index contributed by atoms with van der Waals surface area (Å²) in [7, 11) is 3.25. The van der Waals surface area contributed by atoms with Gasteiger partial charge in [0.2, 0.25) is 5.91 Å². The molecule has 0 aliphatic heterocycles. The first-order valence-electron chi connectivity index (χ1n) is 8.17. The zero-order valence-electron chi connectivity index (χ0n) is 15.3. The molecule has 1 amide bonds. The number of nitro benzene ring substituents is 1. The lowest BCUT2D eigenvalue weighted by Crippen LogP contribution is -2.28. The van der Waals surface area contributed by atoms with E-state index in [1.54, 1.807) is 32.4 Å². The summed E-state index contributed by atoms with van der Waals surface area (Å²) in [6, 6.07) is 11.7. The first kappa shape index (κ1) is 19.2. The molecule has 0 fully saturated rings. The maximum atomic E-state index is 12.5. The van der Waals surface area contributed by atoms with E-state index in [9.17, 15) is 14.9 Å². The van der Waals surface area contributed by atoms with Crippen molar-refractivity contribution in [2.45, 2.75) is 19.9 Å². The number of ether oxygens (including phenoxy) is 1. The van der Waals surface area contributed by atoms with Gasteiger partial charge in [0.05, 0.1) is 18.1 Å². The Kier molecular flexibility index (Phi) is 6.11. The second-order valence-corrected chi connectivity index (χ2v) is 6.06. The van der Waals surface area contributed by atoms with E-state index in [0.29, 0.717) is 11.3 Å². The van der Waals surface area contributed by atoms with Crippen LogP contribution in [0, 0.1) is 17.0 Å². The number of non-ortho nitro benzene ring substituents is 1. The van der Waals surface area contributed by atoms with Crippen LogP contribution in [0.25, 0.3) is 6.08 Å². The molecule has 0 heterocycles. The summed E-state index contributed by atoms with van der Waals surface area (Å²) in [6.45, 7) is 3.80. The fourth-order valence-electron chi connectivity index (χ4n) is 2.58. The highest BCUT2D eigenvalue weighted by Crippen LogP contribution is 2.24. The molecule has 0 aliphatic rings. The van der Waals surface area contributed by atoms with Crippen LogP contribution in [0.1, 0.15) is 29.7 Å². The van der Waals surface area contributed by atoms with E-state index in [4.69, 9.17) is 4.74 Å². The van der Waals surface area contributed by atoms with Crippen LogP contribution >= 0.6 is 0 Å². The van der Waals surface area contributed by atoms with E-state index in [0.717, 1.165) is 11.1 Å². The molecule has 0 aliphatic carbocycles. The summed E-state index contributed by atoms with van der Waals surface area (Å²) < 4.78 is 5.31. The lowest BCUT2D eigenvalue weighted by molar-refractivity contribution is -0.384. The number of amides is 1. The Morgan fingerprint density at radius 2 is 2.00 bits per heavy atom. The molecule has 0 spiro atoms. The zero-order valence-corrected chi connectivity index (χ0v) is 15.3. The number of benzene rings is 2. The van der Waals surface area contributed by atoms with Crippen LogP contribution in [0.2, 0.25) is 0 Å². The van der Waals surface area contributed by atoms with Crippen molar-refractivity contribution < 1.29 is 14.5 Å². The molecule has 6 heteroatoms. The molecule has 26 heavy (non-hydrogen) atoms. The van der Waals surface area contributed by atoms with E-state index >= 15 is 0 Å². The smallest absolute Gasteiger partial charge is 0.269 e. The van der Waals surface area contributed by atoms with E-state index in [1.165, 1.54) is 23.1 Å². The Morgan fingerprint density at radius 3 is 2.65 bits per heavy atom. The molecule has 0 saturated carbocycles. The van der Waals surface area contributed by atoms with Gasteiger partial charge in [-0.05, 0) is 37.6 Å². The first-order valence-corrected chi connectivity index (χ1v) is 8.17. The molecule has 1 atom stereocenters. The lowest BCUT2D eigenvalue weighted by Gasteiger charge is -2.24. The van der Waals surface area contributed by atoms with Gasteiger partial charge in [-0.15, -0.1) is 0 Å². The van der Waals surface area contributed by atoms with Crippen LogP contribution in [0.15, 0.2) is 48.5 Å². The third-order valence-corrected chi connectivity index (χ3v) is 4.28. The van der Waals surface area contributed by atoms with Crippen molar-refractivity contribution in [1.82, 2.24) is 4.90 Å². The molecule has 0 saturated heterocycles. The number of likely N-dealkylation sites (N-methyl/N-ethyl adjacent to an activating group) is 1. The average molecular weight is 354 g/mol. The molecule has 136 valence electrons. The second-order valence-electron chi connectivity index (χ2n) is 6.06. The zero-order chi connectivity index (χ0) is 19.3. The third-order valence-electron chi connectivity index (χ3n) is 4.28. The Balaban J connectivity index is 2.18. The van der Waals surface area contributed by atoms with Crippen LogP contribution in [-0.4, -0.2) is 29.9 Å². The van der Waals surface area contributed by atoms with Crippen LogP contribution in [-0.2, 0) is 4.79 Å². The molecule has 6 nitrogen and oxygen atoms in total. The Morgan fingerprint density at radius 1 is 1.27 bits per heavy atom. The van der Waals surface area contributed by atoms with Gasteiger partial charge < -0.3 is 9.64 Å². The minimum Gasteiger partial charge on any atom is -0.496 e. The second kappa shape index (κ2) is 8.29. The van der Waals surface area contributed by atoms with Gasteiger partial charge in [0.25, 0.3) is 5.69 Å². The number of carbonyl (C=O) groups is 1. The van der Waals surface area contributed by atoms with Gasteiger partial charge in [-0.1, -0.05) is 23.8 Å². The number of rotatable bonds is 6. The minimum atomic E-state index is -0.443. The van der Waals surface area contributed by atoms with Crippen LogP contribution in [0.5, 0.6) is 5.75 Å². The van der Waals surface area contributed by atoms with Crippen LogP contribution in [0.4, 0.5) is 5.69 Å². The van der Waals surface area contributed by atoms with E-state index in [2.05, 4.69) is 0 Å². The third kappa shape index (κ3) is 4.47. The molecular formula is C20H22N2O4. The van der Waals surface area contributed by atoms with Crippen molar-refractivity contribution in [1.29, 1.82) is 0 Å². The predicted octanol–water partition coefficient (Wildman–Crippen LogP) is 4.14. The Labute approximate surface area is 152 Å². The molecule has 0 unspecified atom stereocenters. The summed E-state index contributed by atoms with van der Waals surface area (Å²) in [5.41, 5.74) is 2.60. The normalized spacial score (nSPS) is 12.0. The molecule has 2 aromatic carbocycles. The van der Waals surface area contributed by atoms with Crippen molar-refractivity contribution in [2.24, 2.45) is 0 Å². The number of hydrogen-bond acceptors (Lipinski definition) is 4.